The normalized spacial score (nSPS) is 22.1. The zero-order chi connectivity index (χ0) is 16.1. The number of likely N-dealkylation sites (tertiary alicyclic amines) is 1. The van der Waals surface area contributed by atoms with Gasteiger partial charge in [-0.3, -0.25) is 9.89 Å². The van der Waals surface area contributed by atoms with Gasteiger partial charge in [0.1, 0.15) is 0 Å². The SMILES string of the molecule is CN=C(NCc1ccc(Br)cc1)NC1CN(C(C)C)CC1C.I. The molecule has 2 rings (SSSR count). The van der Waals surface area contributed by atoms with Gasteiger partial charge in [-0.15, -0.1) is 24.0 Å². The van der Waals surface area contributed by atoms with Crippen LogP contribution >= 0.6 is 39.9 Å². The molecule has 0 amide bonds. The van der Waals surface area contributed by atoms with Crippen molar-refractivity contribution >= 4 is 45.9 Å². The Hall–Kier alpha value is -0.340. The van der Waals surface area contributed by atoms with Crippen LogP contribution in [0, 0.1) is 5.92 Å². The Morgan fingerprint density at radius 2 is 1.96 bits per heavy atom. The van der Waals surface area contributed by atoms with Crippen LogP contribution < -0.4 is 10.6 Å². The van der Waals surface area contributed by atoms with Crippen LogP contribution in [0.3, 0.4) is 0 Å². The van der Waals surface area contributed by atoms with Crippen LogP contribution in [0.5, 0.6) is 0 Å². The Morgan fingerprint density at radius 3 is 2.48 bits per heavy atom. The van der Waals surface area contributed by atoms with Crippen LogP contribution in [0.2, 0.25) is 0 Å². The van der Waals surface area contributed by atoms with Crippen molar-refractivity contribution in [3.8, 4) is 0 Å². The van der Waals surface area contributed by atoms with Gasteiger partial charge in [0.05, 0.1) is 0 Å². The second-order valence-electron chi connectivity index (χ2n) is 6.33. The summed E-state index contributed by atoms with van der Waals surface area (Å²) in [7, 11) is 1.83. The standard InChI is InChI=1S/C17H27BrN4.HI/c1-12(2)22-10-13(3)16(11-22)21-17(19-4)20-9-14-5-7-15(18)8-6-14;/h5-8,12-13,16H,9-11H2,1-4H3,(H2,19,20,21);1H. The Morgan fingerprint density at radius 1 is 1.30 bits per heavy atom. The molecule has 2 atom stereocenters. The fraction of sp³-hybridized carbons (Fsp3) is 0.588. The fourth-order valence-corrected chi connectivity index (χ4v) is 3.04. The molecule has 1 fully saturated rings. The first-order chi connectivity index (χ1) is 10.5. The smallest absolute Gasteiger partial charge is 0.191 e. The summed E-state index contributed by atoms with van der Waals surface area (Å²) in [5.41, 5.74) is 1.24. The monoisotopic (exact) mass is 494 g/mol. The molecule has 0 saturated carbocycles. The van der Waals surface area contributed by atoms with Crippen LogP contribution in [0.1, 0.15) is 26.3 Å². The van der Waals surface area contributed by atoms with E-state index in [1.807, 2.05) is 7.05 Å². The molecule has 1 aliphatic heterocycles. The minimum absolute atomic E-state index is 0. The maximum Gasteiger partial charge on any atom is 0.191 e. The van der Waals surface area contributed by atoms with E-state index in [-0.39, 0.29) is 24.0 Å². The van der Waals surface area contributed by atoms with E-state index in [1.165, 1.54) is 5.56 Å². The molecular weight excluding hydrogens is 467 g/mol. The maximum absolute atomic E-state index is 4.36. The largest absolute Gasteiger partial charge is 0.352 e. The molecule has 2 unspecified atom stereocenters. The highest BCUT2D eigenvalue weighted by atomic mass is 127. The topological polar surface area (TPSA) is 39.7 Å². The predicted octanol–water partition coefficient (Wildman–Crippen LogP) is 3.46. The Bertz CT molecular complexity index is 504. The highest BCUT2D eigenvalue weighted by Crippen LogP contribution is 2.18. The van der Waals surface area contributed by atoms with E-state index < -0.39 is 0 Å². The first kappa shape index (κ1) is 20.7. The van der Waals surface area contributed by atoms with Crippen molar-refractivity contribution in [1.29, 1.82) is 0 Å². The van der Waals surface area contributed by atoms with Gasteiger partial charge in [-0.05, 0) is 37.5 Å². The number of benzene rings is 1. The minimum atomic E-state index is 0. The molecule has 4 nitrogen and oxygen atoms in total. The third-order valence-electron chi connectivity index (χ3n) is 4.29. The lowest BCUT2D eigenvalue weighted by molar-refractivity contribution is 0.265. The van der Waals surface area contributed by atoms with Crippen LogP contribution in [0.15, 0.2) is 33.7 Å². The van der Waals surface area contributed by atoms with E-state index in [0.717, 1.165) is 30.1 Å². The Kier molecular flexibility index (Phi) is 8.85. The third-order valence-corrected chi connectivity index (χ3v) is 4.82. The van der Waals surface area contributed by atoms with Crippen LogP contribution in [-0.4, -0.2) is 43.1 Å². The van der Waals surface area contributed by atoms with E-state index in [1.54, 1.807) is 0 Å². The maximum atomic E-state index is 4.36. The van der Waals surface area contributed by atoms with E-state index in [9.17, 15) is 0 Å². The van der Waals surface area contributed by atoms with Gasteiger partial charge in [-0.2, -0.15) is 0 Å². The molecule has 1 aromatic rings. The van der Waals surface area contributed by atoms with E-state index in [4.69, 9.17) is 0 Å². The quantitative estimate of drug-likeness (QED) is 0.382. The highest BCUT2D eigenvalue weighted by Gasteiger charge is 2.31. The van der Waals surface area contributed by atoms with Crippen LogP contribution in [0.4, 0.5) is 0 Å². The van der Waals surface area contributed by atoms with Gasteiger partial charge in [0.2, 0.25) is 0 Å². The molecule has 0 spiro atoms. The first-order valence-electron chi connectivity index (χ1n) is 7.95. The fourth-order valence-electron chi connectivity index (χ4n) is 2.77. The summed E-state index contributed by atoms with van der Waals surface area (Å²) in [5.74, 6) is 1.51. The number of nitrogens with zero attached hydrogens (tertiary/aromatic N) is 2. The van der Waals surface area contributed by atoms with Crippen molar-refractivity contribution in [3.05, 3.63) is 34.3 Å². The first-order valence-corrected chi connectivity index (χ1v) is 8.74. The zero-order valence-electron chi connectivity index (χ0n) is 14.3. The van der Waals surface area contributed by atoms with Crippen molar-refractivity contribution in [2.45, 2.75) is 39.4 Å². The van der Waals surface area contributed by atoms with Crippen molar-refractivity contribution in [1.82, 2.24) is 15.5 Å². The molecule has 1 saturated heterocycles. The number of halogens is 2. The number of hydrogen-bond acceptors (Lipinski definition) is 2. The van der Waals surface area contributed by atoms with E-state index >= 15 is 0 Å². The van der Waals surface area contributed by atoms with Crippen LogP contribution in [-0.2, 0) is 6.54 Å². The average Bonchev–Trinajstić information content (AvgIpc) is 2.86. The number of aliphatic imine (C=N–C) groups is 1. The van der Waals surface area contributed by atoms with Gasteiger partial charge in [-0.25, -0.2) is 0 Å². The lowest BCUT2D eigenvalue weighted by Crippen LogP contribution is -2.46. The second-order valence-corrected chi connectivity index (χ2v) is 7.24. The molecule has 0 aliphatic carbocycles. The van der Waals surface area contributed by atoms with Crippen LogP contribution in [0.25, 0.3) is 0 Å². The van der Waals surface area contributed by atoms with Gasteiger partial charge < -0.3 is 10.6 Å². The number of rotatable bonds is 4. The molecule has 0 radical (unpaired) electrons. The van der Waals surface area contributed by atoms with Crippen molar-refractivity contribution in [3.63, 3.8) is 0 Å². The van der Waals surface area contributed by atoms with Gasteiger partial charge in [-0.1, -0.05) is 35.0 Å². The molecule has 0 aromatic heterocycles. The molecule has 130 valence electrons. The molecular formula is C17H28BrIN4. The van der Waals surface area contributed by atoms with Gasteiger partial charge in [0.15, 0.2) is 5.96 Å². The van der Waals surface area contributed by atoms with E-state index in [2.05, 4.69) is 81.5 Å². The molecule has 1 aliphatic rings. The lowest BCUT2D eigenvalue weighted by atomic mass is 10.1. The minimum Gasteiger partial charge on any atom is -0.352 e. The predicted molar refractivity (Wildman–Crippen MR) is 113 cm³/mol. The summed E-state index contributed by atoms with van der Waals surface area (Å²) in [6.07, 6.45) is 0. The third kappa shape index (κ3) is 6.23. The summed E-state index contributed by atoms with van der Waals surface area (Å²) in [5, 5.41) is 6.97. The number of nitrogens with one attached hydrogen (secondary N) is 2. The van der Waals surface area contributed by atoms with Crippen molar-refractivity contribution < 1.29 is 0 Å². The molecule has 0 bridgehead atoms. The lowest BCUT2D eigenvalue weighted by Gasteiger charge is -2.22. The molecule has 1 heterocycles. The van der Waals surface area contributed by atoms with E-state index in [0.29, 0.717) is 18.0 Å². The molecule has 1 aromatic carbocycles. The second kappa shape index (κ2) is 9.84. The highest BCUT2D eigenvalue weighted by molar-refractivity contribution is 14.0. The summed E-state index contributed by atoms with van der Waals surface area (Å²) >= 11 is 3.46. The van der Waals surface area contributed by atoms with Gasteiger partial charge in [0.25, 0.3) is 0 Å². The molecule has 6 heteroatoms. The van der Waals surface area contributed by atoms with Gasteiger partial charge in [0, 0.05) is 43.2 Å². The summed E-state index contributed by atoms with van der Waals surface area (Å²) in [4.78, 5) is 6.87. The number of guanidine groups is 1. The van der Waals surface area contributed by atoms with Gasteiger partial charge >= 0.3 is 0 Å². The summed E-state index contributed by atoms with van der Waals surface area (Å²) < 4.78 is 1.10. The molecule has 2 N–H and O–H groups in total. The Labute approximate surface area is 165 Å². The summed E-state index contributed by atoms with van der Waals surface area (Å²) in [6, 6.07) is 9.41. The number of hydrogen-bond donors (Lipinski definition) is 2. The molecule has 23 heavy (non-hydrogen) atoms. The van der Waals surface area contributed by atoms with Crippen molar-refractivity contribution in [2.75, 3.05) is 20.1 Å². The zero-order valence-corrected chi connectivity index (χ0v) is 18.3. The average molecular weight is 495 g/mol. The summed E-state index contributed by atoms with van der Waals surface area (Å²) in [6.45, 7) is 9.84. The Balaban J connectivity index is 0.00000264. The van der Waals surface area contributed by atoms with Crippen molar-refractivity contribution in [2.24, 2.45) is 10.9 Å².